The summed E-state index contributed by atoms with van der Waals surface area (Å²) in [6, 6.07) is 7.75. The Balaban J connectivity index is 0.000000686. The van der Waals surface area contributed by atoms with Gasteiger partial charge in [-0.2, -0.15) is 5.10 Å². The predicted octanol–water partition coefficient (Wildman–Crippen LogP) is 1.97. The molecule has 1 aromatic heterocycles. The van der Waals surface area contributed by atoms with Crippen LogP contribution in [-0.4, -0.2) is 22.0 Å². The fourth-order valence-corrected chi connectivity index (χ4v) is 1.66. The van der Waals surface area contributed by atoms with Crippen molar-refractivity contribution in [2.75, 3.05) is 12.8 Å². The topological polar surface area (TPSA) is 64.1 Å². The van der Waals surface area contributed by atoms with Crippen LogP contribution in [0.25, 0.3) is 5.69 Å². The average molecular weight is 251 g/mol. The van der Waals surface area contributed by atoms with E-state index in [9.17, 15) is 0 Å². The highest BCUT2D eigenvalue weighted by Gasteiger charge is 2.09. The van der Waals surface area contributed by atoms with Crippen LogP contribution in [0.2, 0.25) is 0 Å². The summed E-state index contributed by atoms with van der Waals surface area (Å²) in [5.41, 5.74) is 8.88. The molecule has 0 saturated heterocycles. The van der Waals surface area contributed by atoms with E-state index in [1.807, 2.05) is 38.1 Å². The van der Waals surface area contributed by atoms with Crippen molar-refractivity contribution < 1.29 is 5.11 Å². The molecule has 0 bridgehead atoms. The molecule has 4 nitrogen and oxygen atoms in total. The molecule has 1 heterocycles. The van der Waals surface area contributed by atoms with Gasteiger partial charge in [-0.1, -0.05) is 6.07 Å². The molecule has 2 aromatic rings. The van der Waals surface area contributed by atoms with E-state index in [-0.39, 0.29) is 0 Å². The van der Waals surface area contributed by atoms with E-state index in [0.29, 0.717) is 5.82 Å². The molecule has 0 unspecified atom stereocenters. The van der Waals surface area contributed by atoms with Gasteiger partial charge in [-0.05, 0) is 32.0 Å². The minimum atomic E-state index is 0.687. The van der Waals surface area contributed by atoms with Crippen LogP contribution in [-0.2, 0) is 0 Å². The first-order chi connectivity index (χ1) is 8.09. The van der Waals surface area contributed by atoms with Crippen LogP contribution < -0.4 is 5.73 Å². The Bertz CT molecular complexity index is 508. The van der Waals surface area contributed by atoms with Crippen LogP contribution in [0.5, 0.6) is 0 Å². The van der Waals surface area contributed by atoms with Crippen LogP contribution in [0.1, 0.15) is 11.3 Å². The second-order valence-corrected chi connectivity index (χ2v) is 4.04. The molecule has 92 valence electrons. The van der Waals surface area contributed by atoms with E-state index < -0.39 is 0 Å². The molecule has 0 fully saturated rings. The molecule has 2 rings (SSSR count). The van der Waals surface area contributed by atoms with Crippen molar-refractivity contribution in [3.05, 3.63) is 35.5 Å². The number of hydrogen-bond donors (Lipinski definition) is 3. The van der Waals surface area contributed by atoms with Crippen molar-refractivity contribution >= 4 is 18.4 Å². The third kappa shape index (κ3) is 2.81. The molecule has 17 heavy (non-hydrogen) atoms. The second kappa shape index (κ2) is 5.75. The van der Waals surface area contributed by atoms with Gasteiger partial charge in [0.2, 0.25) is 0 Å². The standard InChI is InChI=1S/C11H13N3S.CH4O/c1-7-8(2)13-14(11(7)12)9-4-3-5-10(15)6-9;1-2/h3-6,15H,12H2,1-2H3;2H,1H3. The monoisotopic (exact) mass is 251 g/mol. The van der Waals surface area contributed by atoms with Crippen LogP contribution in [0.3, 0.4) is 0 Å². The average Bonchev–Trinajstić information content (AvgIpc) is 2.60. The zero-order valence-corrected chi connectivity index (χ0v) is 11.1. The van der Waals surface area contributed by atoms with Crippen LogP contribution in [0.4, 0.5) is 5.82 Å². The van der Waals surface area contributed by atoms with Crippen molar-refractivity contribution in [1.82, 2.24) is 9.78 Å². The van der Waals surface area contributed by atoms with E-state index in [4.69, 9.17) is 10.8 Å². The molecular formula is C12H17N3OS. The van der Waals surface area contributed by atoms with Crippen molar-refractivity contribution in [2.24, 2.45) is 0 Å². The van der Waals surface area contributed by atoms with Crippen molar-refractivity contribution in [1.29, 1.82) is 0 Å². The first kappa shape index (κ1) is 13.6. The first-order valence-electron chi connectivity index (χ1n) is 5.15. The Kier molecular flexibility index (Phi) is 4.60. The predicted molar refractivity (Wildman–Crippen MR) is 72.8 cm³/mol. The summed E-state index contributed by atoms with van der Waals surface area (Å²) in [6.45, 7) is 3.92. The maximum atomic E-state index is 7.00. The fraction of sp³-hybridized carbons (Fsp3) is 0.250. The van der Waals surface area contributed by atoms with Gasteiger partial charge < -0.3 is 10.8 Å². The number of benzene rings is 1. The van der Waals surface area contributed by atoms with Gasteiger partial charge in [-0.25, -0.2) is 4.68 Å². The molecule has 0 atom stereocenters. The van der Waals surface area contributed by atoms with Gasteiger partial charge in [-0.15, -0.1) is 12.6 Å². The molecule has 0 aliphatic heterocycles. The van der Waals surface area contributed by atoms with Gasteiger partial charge >= 0.3 is 0 Å². The van der Waals surface area contributed by atoms with Crippen molar-refractivity contribution in [3.63, 3.8) is 0 Å². The Morgan fingerprint density at radius 3 is 2.41 bits per heavy atom. The zero-order valence-electron chi connectivity index (χ0n) is 10.2. The summed E-state index contributed by atoms with van der Waals surface area (Å²) >= 11 is 4.29. The highest BCUT2D eigenvalue weighted by Crippen LogP contribution is 2.20. The highest BCUT2D eigenvalue weighted by atomic mass is 32.1. The molecule has 0 amide bonds. The van der Waals surface area contributed by atoms with Gasteiger partial charge in [0, 0.05) is 17.6 Å². The lowest BCUT2D eigenvalue weighted by molar-refractivity contribution is 0.399. The molecule has 3 N–H and O–H groups in total. The number of nitrogens with two attached hydrogens (primary N) is 1. The number of aliphatic hydroxyl groups excluding tert-OH is 1. The Labute approximate surface area is 106 Å². The van der Waals surface area contributed by atoms with Gasteiger partial charge in [0.25, 0.3) is 0 Å². The van der Waals surface area contributed by atoms with Gasteiger partial charge in [-0.3, -0.25) is 0 Å². The Morgan fingerprint density at radius 2 is 1.94 bits per heavy atom. The smallest absolute Gasteiger partial charge is 0.130 e. The lowest BCUT2D eigenvalue weighted by Crippen LogP contribution is -2.02. The molecule has 0 spiro atoms. The van der Waals surface area contributed by atoms with Crippen LogP contribution in [0.15, 0.2) is 29.2 Å². The highest BCUT2D eigenvalue weighted by molar-refractivity contribution is 7.80. The lowest BCUT2D eigenvalue weighted by Gasteiger charge is -2.04. The molecular weight excluding hydrogens is 234 g/mol. The number of aryl methyl sites for hydroxylation is 1. The van der Waals surface area contributed by atoms with Crippen molar-refractivity contribution in [2.45, 2.75) is 18.7 Å². The number of aliphatic hydroxyl groups is 1. The third-order valence-electron chi connectivity index (χ3n) is 2.48. The third-order valence-corrected chi connectivity index (χ3v) is 2.76. The zero-order chi connectivity index (χ0) is 13.0. The fourth-order valence-electron chi connectivity index (χ4n) is 1.44. The molecule has 5 heteroatoms. The number of anilines is 1. The number of aromatic nitrogens is 2. The molecule has 1 aromatic carbocycles. The molecule has 0 saturated carbocycles. The summed E-state index contributed by atoms with van der Waals surface area (Å²) in [5, 5.41) is 11.4. The van der Waals surface area contributed by atoms with Gasteiger partial charge in [0.1, 0.15) is 5.82 Å². The van der Waals surface area contributed by atoms with E-state index in [0.717, 1.165) is 29.0 Å². The van der Waals surface area contributed by atoms with E-state index in [1.165, 1.54) is 0 Å². The lowest BCUT2D eigenvalue weighted by atomic mass is 10.3. The number of nitrogens with zero attached hydrogens (tertiary/aromatic N) is 2. The summed E-state index contributed by atoms with van der Waals surface area (Å²) < 4.78 is 1.74. The minimum Gasteiger partial charge on any atom is -0.400 e. The van der Waals surface area contributed by atoms with Crippen LogP contribution in [0, 0.1) is 13.8 Å². The van der Waals surface area contributed by atoms with E-state index in [2.05, 4.69) is 17.7 Å². The second-order valence-electron chi connectivity index (χ2n) is 3.53. The van der Waals surface area contributed by atoms with Gasteiger partial charge in [0.05, 0.1) is 11.4 Å². The minimum absolute atomic E-state index is 0.687. The molecule has 0 aliphatic carbocycles. The number of nitrogen functional groups attached to an aromatic ring is 1. The Hall–Kier alpha value is -1.46. The molecule has 0 aliphatic rings. The maximum absolute atomic E-state index is 7.00. The number of rotatable bonds is 1. The number of thiol groups is 1. The van der Waals surface area contributed by atoms with Crippen molar-refractivity contribution in [3.8, 4) is 5.69 Å². The van der Waals surface area contributed by atoms with E-state index in [1.54, 1.807) is 4.68 Å². The maximum Gasteiger partial charge on any atom is 0.130 e. The SMILES string of the molecule is CO.Cc1nn(-c2cccc(S)c2)c(N)c1C. The van der Waals surface area contributed by atoms with Gasteiger partial charge in [0.15, 0.2) is 0 Å². The largest absolute Gasteiger partial charge is 0.400 e. The van der Waals surface area contributed by atoms with Crippen LogP contribution >= 0.6 is 12.6 Å². The normalized spacial score (nSPS) is 9.71. The summed E-state index contributed by atoms with van der Waals surface area (Å²) in [6.07, 6.45) is 0. The number of hydrogen-bond acceptors (Lipinski definition) is 4. The first-order valence-corrected chi connectivity index (χ1v) is 5.60. The summed E-state index contributed by atoms with van der Waals surface area (Å²) in [4.78, 5) is 0.901. The summed E-state index contributed by atoms with van der Waals surface area (Å²) in [5.74, 6) is 0.687. The quantitative estimate of drug-likeness (QED) is 0.679. The molecule has 0 radical (unpaired) electrons. The van der Waals surface area contributed by atoms with E-state index >= 15 is 0 Å². The summed E-state index contributed by atoms with van der Waals surface area (Å²) in [7, 11) is 1.00. The Morgan fingerprint density at radius 1 is 1.29 bits per heavy atom.